The average molecular weight is 497 g/mol. The molecule has 0 bridgehead atoms. The van der Waals surface area contributed by atoms with Crippen molar-refractivity contribution < 1.29 is 0 Å². The van der Waals surface area contributed by atoms with Crippen molar-refractivity contribution in [3.05, 3.63) is 131 Å². The maximum atomic E-state index is 3.55. The average Bonchev–Trinajstić information content (AvgIpc) is 3.30. The summed E-state index contributed by atoms with van der Waals surface area (Å²) < 4.78 is 1.10. The van der Waals surface area contributed by atoms with Gasteiger partial charge in [-0.2, -0.15) is 0 Å². The lowest BCUT2D eigenvalue weighted by Crippen LogP contribution is -1.89. The molecule has 160 valence electrons. The summed E-state index contributed by atoms with van der Waals surface area (Å²) in [6.07, 6.45) is 0.967. The van der Waals surface area contributed by atoms with Gasteiger partial charge in [-0.1, -0.05) is 113 Å². The third kappa shape index (κ3) is 2.97. The summed E-state index contributed by atoms with van der Waals surface area (Å²) in [5.74, 6) is 0. The third-order valence-electron chi connectivity index (χ3n) is 7.19. The van der Waals surface area contributed by atoms with E-state index in [1.165, 1.54) is 66.1 Å². The molecule has 1 aliphatic carbocycles. The number of rotatable bonds is 2. The zero-order valence-electron chi connectivity index (χ0n) is 18.6. The highest BCUT2D eigenvalue weighted by atomic mass is 79.9. The topological polar surface area (TPSA) is 0 Å². The molecule has 0 saturated carbocycles. The molecule has 0 amide bonds. The van der Waals surface area contributed by atoms with Crippen LogP contribution >= 0.6 is 15.9 Å². The van der Waals surface area contributed by atoms with Gasteiger partial charge in [0.15, 0.2) is 0 Å². The Morgan fingerprint density at radius 3 is 1.85 bits per heavy atom. The van der Waals surface area contributed by atoms with Gasteiger partial charge in [0.1, 0.15) is 0 Å². The summed E-state index contributed by atoms with van der Waals surface area (Å²) in [4.78, 5) is 0. The van der Waals surface area contributed by atoms with E-state index in [1.807, 2.05) is 0 Å². The Hall–Kier alpha value is -3.68. The maximum Gasteiger partial charge on any atom is 0.0175 e. The van der Waals surface area contributed by atoms with Gasteiger partial charge in [-0.25, -0.2) is 0 Å². The minimum Gasteiger partial charge on any atom is -0.0616 e. The highest BCUT2D eigenvalue weighted by Crippen LogP contribution is 2.48. The quantitative estimate of drug-likeness (QED) is 0.209. The number of hydrogen-bond donors (Lipinski definition) is 0. The molecule has 7 rings (SSSR count). The summed E-state index contributed by atoms with van der Waals surface area (Å²) in [5.41, 5.74) is 10.8. The van der Waals surface area contributed by atoms with Gasteiger partial charge in [0.2, 0.25) is 0 Å². The predicted molar refractivity (Wildman–Crippen MR) is 148 cm³/mol. The van der Waals surface area contributed by atoms with Gasteiger partial charge in [0.05, 0.1) is 0 Å². The smallest absolute Gasteiger partial charge is 0.0175 e. The summed E-state index contributed by atoms with van der Waals surface area (Å²) in [7, 11) is 0. The SMILES string of the molecule is Brc1ccc(-c2cccc(-c3cccc4c3Cc3c-4c4ccccc4c4ccccc34)c2)cc1. The molecule has 0 heterocycles. The van der Waals surface area contributed by atoms with Gasteiger partial charge >= 0.3 is 0 Å². The zero-order valence-corrected chi connectivity index (χ0v) is 20.1. The number of fused-ring (bicyclic) bond motifs is 8. The largest absolute Gasteiger partial charge is 0.0616 e. The fourth-order valence-electron chi connectivity index (χ4n) is 5.67. The first-order valence-corrected chi connectivity index (χ1v) is 12.5. The van der Waals surface area contributed by atoms with Crippen molar-refractivity contribution in [2.45, 2.75) is 6.42 Å². The van der Waals surface area contributed by atoms with E-state index in [4.69, 9.17) is 0 Å². The van der Waals surface area contributed by atoms with Crippen molar-refractivity contribution in [2.75, 3.05) is 0 Å². The van der Waals surface area contributed by atoms with E-state index in [0.717, 1.165) is 10.9 Å². The molecule has 0 saturated heterocycles. The van der Waals surface area contributed by atoms with Gasteiger partial charge in [-0.15, -0.1) is 0 Å². The lowest BCUT2D eigenvalue weighted by Gasteiger charge is -2.12. The Bertz CT molecular complexity index is 1720. The Morgan fingerprint density at radius 1 is 0.441 bits per heavy atom. The number of benzene rings is 6. The lowest BCUT2D eigenvalue weighted by molar-refractivity contribution is 1.29. The molecule has 0 N–H and O–H groups in total. The molecule has 6 aromatic carbocycles. The highest BCUT2D eigenvalue weighted by Gasteiger charge is 2.26. The maximum absolute atomic E-state index is 3.55. The molecule has 1 heteroatoms. The molecule has 0 spiro atoms. The number of hydrogen-bond acceptors (Lipinski definition) is 0. The second-order valence-electron chi connectivity index (χ2n) is 9.04. The van der Waals surface area contributed by atoms with Crippen LogP contribution in [-0.4, -0.2) is 0 Å². The van der Waals surface area contributed by atoms with Crippen molar-refractivity contribution in [3.63, 3.8) is 0 Å². The molecule has 0 aliphatic heterocycles. The van der Waals surface area contributed by atoms with Crippen molar-refractivity contribution in [3.8, 4) is 33.4 Å². The fourth-order valence-corrected chi connectivity index (χ4v) is 5.94. The molecular weight excluding hydrogens is 476 g/mol. The van der Waals surface area contributed by atoms with E-state index in [1.54, 1.807) is 0 Å². The Balaban J connectivity index is 1.45. The molecule has 0 atom stereocenters. The first-order chi connectivity index (χ1) is 16.8. The van der Waals surface area contributed by atoms with E-state index in [-0.39, 0.29) is 0 Å². The lowest BCUT2D eigenvalue weighted by atomic mass is 9.91. The molecular formula is C33H21Br. The van der Waals surface area contributed by atoms with Crippen molar-refractivity contribution in [1.29, 1.82) is 0 Å². The van der Waals surface area contributed by atoms with Crippen LogP contribution in [0.15, 0.2) is 120 Å². The predicted octanol–water partition coefficient (Wildman–Crippen LogP) is 9.66. The van der Waals surface area contributed by atoms with Crippen LogP contribution in [0.3, 0.4) is 0 Å². The molecule has 0 nitrogen and oxygen atoms in total. The summed E-state index contributed by atoms with van der Waals surface area (Å²) in [5, 5.41) is 5.42. The molecule has 0 radical (unpaired) electrons. The van der Waals surface area contributed by atoms with E-state index < -0.39 is 0 Å². The first-order valence-electron chi connectivity index (χ1n) is 11.7. The van der Waals surface area contributed by atoms with Crippen molar-refractivity contribution in [1.82, 2.24) is 0 Å². The van der Waals surface area contributed by atoms with Gasteiger partial charge in [-0.05, 0) is 90.7 Å². The van der Waals surface area contributed by atoms with E-state index >= 15 is 0 Å². The number of halogens is 1. The third-order valence-corrected chi connectivity index (χ3v) is 7.72. The van der Waals surface area contributed by atoms with Crippen LogP contribution in [0.25, 0.3) is 54.9 Å². The highest BCUT2D eigenvalue weighted by molar-refractivity contribution is 9.10. The van der Waals surface area contributed by atoms with Crippen LogP contribution in [0, 0.1) is 0 Å². The van der Waals surface area contributed by atoms with Crippen LogP contribution in [0.2, 0.25) is 0 Å². The summed E-state index contributed by atoms with van der Waals surface area (Å²) >= 11 is 3.55. The van der Waals surface area contributed by atoms with Crippen LogP contribution < -0.4 is 0 Å². The first kappa shape index (κ1) is 19.8. The summed E-state index contributed by atoms with van der Waals surface area (Å²) in [6, 6.07) is 42.1. The van der Waals surface area contributed by atoms with Crippen molar-refractivity contribution >= 4 is 37.5 Å². The van der Waals surface area contributed by atoms with Gasteiger partial charge < -0.3 is 0 Å². The van der Waals surface area contributed by atoms with Gasteiger partial charge in [0, 0.05) is 4.47 Å². The summed E-state index contributed by atoms with van der Waals surface area (Å²) in [6.45, 7) is 0. The van der Waals surface area contributed by atoms with Crippen LogP contribution in [0.5, 0.6) is 0 Å². The van der Waals surface area contributed by atoms with Crippen molar-refractivity contribution in [2.24, 2.45) is 0 Å². The van der Waals surface area contributed by atoms with Gasteiger partial charge in [-0.3, -0.25) is 0 Å². The van der Waals surface area contributed by atoms with Crippen LogP contribution in [0.1, 0.15) is 11.1 Å². The molecule has 0 unspecified atom stereocenters. The van der Waals surface area contributed by atoms with E-state index in [0.29, 0.717) is 0 Å². The molecule has 34 heavy (non-hydrogen) atoms. The normalized spacial score (nSPS) is 12.1. The zero-order chi connectivity index (χ0) is 22.6. The fraction of sp³-hybridized carbons (Fsp3) is 0.0303. The van der Waals surface area contributed by atoms with E-state index in [2.05, 4.69) is 131 Å². The van der Waals surface area contributed by atoms with Gasteiger partial charge in [0.25, 0.3) is 0 Å². The standard InChI is InChI=1S/C33H21Br/c34-24-17-15-21(16-18-24)22-7-5-8-23(19-22)25-13-6-14-30-31(25)20-32-28-11-2-1-9-26(28)27-10-3-4-12-29(27)33(30)32/h1-19H,20H2. The second kappa shape index (κ2) is 7.68. The second-order valence-corrected chi connectivity index (χ2v) is 9.96. The Kier molecular flexibility index (Phi) is 4.47. The van der Waals surface area contributed by atoms with Crippen LogP contribution in [0.4, 0.5) is 0 Å². The molecule has 1 aliphatic rings. The van der Waals surface area contributed by atoms with Crippen LogP contribution in [-0.2, 0) is 6.42 Å². The minimum absolute atomic E-state index is 0.967. The Morgan fingerprint density at radius 2 is 1.06 bits per heavy atom. The minimum atomic E-state index is 0.967. The van der Waals surface area contributed by atoms with E-state index in [9.17, 15) is 0 Å². The molecule has 0 aromatic heterocycles. The Labute approximate surface area is 207 Å². The molecule has 0 fully saturated rings. The molecule has 6 aromatic rings. The monoisotopic (exact) mass is 496 g/mol.